The van der Waals surface area contributed by atoms with E-state index in [-0.39, 0.29) is 21.6 Å². The second kappa shape index (κ2) is 20.3. The topological polar surface area (TPSA) is 112 Å². The van der Waals surface area contributed by atoms with Crippen molar-refractivity contribution in [3.8, 4) is 5.75 Å². The maximum atomic E-state index is 15.6. The predicted octanol–water partition coefficient (Wildman–Crippen LogP) is 7.96. The fraction of sp³-hybridized carbons (Fsp3) is 0.651. The van der Waals surface area contributed by atoms with Crippen molar-refractivity contribution in [2.45, 2.75) is 149 Å². The molecular formula is C43H63FN4O5S2. The van der Waals surface area contributed by atoms with Crippen LogP contribution in [0, 0.1) is 5.82 Å². The van der Waals surface area contributed by atoms with Crippen LogP contribution in [0.3, 0.4) is 0 Å². The van der Waals surface area contributed by atoms with Crippen LogP contribution in [-0.2, 0) is 20.6 Å². The fourth-order valence-corrected chi connectivity index (χ4v) is 11.0. The van der Waals surface area contributed by atoms with Gasteiger partial charge in [-0.25, -0.2) is 12.8 Å². The zero-order valence-corrected chi connectivity index (χ0v) is 34.7. The summed E-state index contributed by atoms with van der Waals surface area (Å²) in [4.78, 5) is 10.00. The summed E-state index contributed by atoms with van der Waals surface area (Å²) in [5, 5.41) is 15.2. The Balaban J connectivity index is 1.22. The van der Waals surface area contributed by atoms with Crippen LogP contribution in [0.4, 0.5) is 4.39 Å². The Kier molecular flexibility index (Phi) is 15.5. The van der Waals surface area contributed by atoms with Gasteiger partial charge in [-0.15, -0.1) is 0 Å². The van der Waals surface area contributed by atoms with Crippen LogP contribution in [0.25, 0.3) is 10.9 Å². The van der Waals surface area contributed by atoms with Crippen molar-refractivity contribution < 1.29 is 26.9 Å². The summed E-state index contributed by atoms with van der Waals surface area (Å²) in [5.74, 6) is -0.679. The molecule has 3 unspecified atom stereocenters. The smallest absolute Gasteiger partial charge is 0.208 e. The minimum atomic E-state index is -4.28. The van der Waals surface area contributed by atoms with Gasteiger partial charge >= 0.3 is 0 Å². The van der Waals surface area contributed by atoms with Crippen molar-refractivity contribution in [3.63, 3.8) is 0 Å². The highest BCUT2D eigenvalue weighted by Crippen LogP contribution is 2.43. The van der Waals surface area contributed by atoms with E-state index < -0.39 is 38.6 Å². The van der Waals surface area contributed by atoms with Gasteiger partial charge in [-0.05, 0) is 113 Å². The maximum absolute atomic E-state index is 15.6. The number of nitrogens with one attached hydrogen (secondary N) is 1. The number of nitrogens with zero attached hydrogens (tertiary/aromatic N) is 3. The van der Waals surface area contributed by atoms with Gasteiger partial charge in [0.2, 0.25) is 9.84 Å². The van der Waals surface area contributed by atoms with Gasteiger partial charge in [-0.2, -0.15) is 0 Å². The van der Waals surface area contributed by atoms with Crippen molar-refractivity contribution in [3.05, 3.63) is 54.0 Å². The number of pyridine rings is 1. The van der Waals surface area contributed by atoms with Crippen molar-refractivity contribution >= 4 is 31.5 Å². The average Bonchev–Trinajstić information content (AvgIpc) is 3.20. The third kappa shape index (κ3) is 10.7. The molecule has 6 rings (SSSR count). The third-order valence-corrected chi connectivity index (χ3v) is 14.9. The van der Waals surface area contributed by atoms with Gasteiger partial charge in [-0.1, -0.05) is 64.7 Å². The fourth-order valence-electron chi connectivity index (χ4n) is 9.02. The van der Waals surface area contributed by atoms with E-state index in [1.165, 1.54) is 63.3 Å². The van der Waals surface area contributed by atoms with E-state index in [4.69, 9.17) is 4.74 Å². The summed E-state index contributed by atoms with van der Waals surface area (Å²) < 4.78 is 63.4. The third-order valence-electron chi connectivity index (χ3n) is 12.2. The number of halogens is 1. The van der Waals surface area contributed by atoms with Crippen LogP contribution in [0.5, 0.6) is 5.75 Å². The van der Waals surface area contributed by atoms with Gasteiger partial charge in [0.1, 0.15) is 0 Å². The van der Waals surface area contributed by atoms with Crippen LogP contribution in [0.1, 0.15) is 121 Å². The number of sulfone groups is 1. The zero-order valence-electron chi connectivity index (χ0n) is 33.0. The van der Waals surface area contributed by atoms with Crippen LogP contribution in [-0.4, -0.2) is 96.3 Å². The number of aromatic nitrogens is 1. The number of hydrogen-bond acceptors (Lipinski definition) is 9. The minimum absolute atomic E-state index is 0.00583. The first-order valence-electron chi connectivity index (χ1n) is 21.0. The van der Waals surface area contributed by atoms with E-state index in [1.807, 2.05) is 0 Å². The molecule has 55 heavy (non-hydrogen) atoms. The predicted molar refractivity (Wildman–Crippen MR) is 218 cm³/mol. The number of aliphatic hydroxyl groups is 1. The SMILES string of the molecule is CCCCCCCCCCCCOc1ccc(S(=O)(=O)c2cnc3ccc(S(C)=O)cc3c2C2CC(O)CCN2C2CCN(C3CCNCC3)CC2)cc1F. The van der Waals surface area contributed by atoms with Crippen molar-refractivity contribution in [2.75, 3.05) is 45.6 Å². The van der Waals surface area contributed by atoms with Crippen LogP contribution in [0.2, 0.25) is 0 Å². The molecule has 3 aliphatic rings. The van der Waals surface area contributed by atoms with Crippen LogP contribution >= 0.6 is 0 Å². The summed E-state index contributed by atoms with van der Waals surface area (Å²) in [7, 11) is -5.60. The molecule has 3 aliphatic heterocycles. The van der Waals surface area contributed by atoms with Gasteiger partial charge in [0.25, 0.3) is 0 Å². The van der Waals surface area contributed by atoms with Crippen molar-refractivity contribution in [1.29, 1.82) is 0 Å². The Morgan fingerprint density at radius 3 is 2.25 bits per heavy atom. The molecule has 3 saturated heterocycles. The molecule has 3 aromatic rings. The van der Waals surface area contributed by atoms with E-state index >= 15 is 4.39 Å². The highest BCUT2D eigenvalue weighted by Gasteiger charge is 2.40. The maximum Gasteiger partial charge on any atom is 0.208 e. The molecule has 2 N–H and O–H groups in total. The summed E-state index contributed by atoms with van der Waals surface area (Å²) >= 11 is 0. The molecule has 304 valence electrons. The summed E-state index contributed by atoms with van der Waals surface area (Å²) in [5.41, 5.74) is 1.13. The molecule has 2 aromatic carbocycles. The summed E-state index contributed by atoms with van der Waals surface area (Å²) in [6, 6.07) is 9.60. The van der Waals surface area contributed by atoms with E-state index in [9.17, 15) is 17.7 Å². The lowest BCUT2D eigenvalue weighted by molar-refractivity contribution is -0.00902. The molecule has 0 saturated carbocycles. The second-order valence-electron chi connectivity index (χ2n) is 16.0. The van der Waals surface area contributed by atoms with E-state index in [0.29, 0.717) is 53.4 Å². The normalized spacial score (nSPS) is 21.6. The Hall–Kier alpha value is -2.48. The first-order chi connectivity index (χ1) is 26.7. The molecule has 0 amide bonds. The average molecular weight is 799 g/mol. The van der Waals surface area contributed by atoms with Crippen molar-refractivity contribution in [2.24, 2.45) is 0 Å². The quantitative estimate of drug-likeness (QED) is 0.124. The number of rotatable bonds is 18. The monoisotopic (exact) mass is 798 g/mol. The van der Waals surface area contributed by atoms with Crippen LogP contribution < -0.4 is 10.1 Å². The molecule has 0 radical (unpaired) electrons. The second-order valence-corrected chi connectivity index (χ2v) is 19.3. The van der Waals surface area contributed by atoms with Gasteiger partial charge in [0.05, 0.1) is 28.0 Å². The lowest BCUT2D eigenvalue weighted by Gasteiger charge is -2.48. The van der Waals surface area contributed by atoms with Gasteiger partial charge in [0.15, 0.2) is 11.6 Å². The number of unbranched alkanes of at least 4 members (excludes halogenated alkanes) is 9. The molecule has 0 bridgehead atoms. The molecule has 12 heteroatoms. The summed E-state index contributed by atoms with van der Waals surface area (Å²) in [6.45, 7) is 7.29. The molecule has 3 fully saturated rings. The van der Waals surface area contributed by atoms with Crippen LogP contribution in [0.15, 0.2) is 57.3 Å². The first-order valence-corrected chi connectivity index (χ1v) is 24.0. The number of ether oxygens (including phenoxy) is 1. The number of benzene rings is 2. The number of aliphatic hydroxyl groups excluding tert-OH is 1. The number of hydrogen-bond donors (Lipinski definition) is 2. The molecule has 1 aromatic heterocycles. The lowest BCUT2D eigenvalue weighted by atomic mass is 9.87. The summed E-state index contributed by atoms with van der Waals surface area (Å²) in [6.07, 6.45) is 19.5. The highest BCUT2D eigenvalue weighted by atomic mass is 32.2. The number of fused-ring (bicyclic) bond motifs is 1. The first kappa shape index (κ1) is 42.1. The molecule has 4 heterocycles. The largest absolute Gasteiger partial charge is 0.491 e. The molecular weight excluding hydrogens is 736 g/mol. The number of piperidine rings is 3. The van der Waals surface area contributed by atoms with E-state index in [1.54, 1.807) is 24.5 Å². The molecule has 0 spiro atoms. The Bertz CT molecular complexity index is 1830. The van der Waals surface area contributed by atoms with Crippen molar-refractivity contribution in [1.82, 2.24) is 20.1 Å². The van der Waals surface area contributed by atoms with Gasteiger partial charge < -0.3 is 20.1 Å². The Morgan fingerprint density at radius 1 is 0.891 bits per heavy atom. The highest BCUT2D eigenvalue weighted by molar-refractivity contribution is 7.91. The standard InChI is InChI=1S/C43H63FN4O5S2/c1-3-4-5-6-7-8-9-10-11-12-27-53-41-16-14-36(30-38(41)44)55(51,52)42-31-46-39-15-13-35(54(2)50)29-37(39)43(42)40-28-34(49)21-26-48(40)33-19-24-47(25-20-33)32-17-22-45-23-18-32/h13-16,29-34,40,45,49H,3-12,17-28H2,1-2H3. The molecule has 0 aliphatic carbocycles. The van der Waals surface area contributed by atoms with Gasteiger partial charge in [-0.3, -0.25) is 14.1 Å². The van der Waals surface area contributed by atoms with E-state index in [2.05, 4.69) is 27.0 Å². The molecule has 3 atom stereocenters. The van der Waals surface area contributed by atoms with E-state index in [0.717, 1.165) is 77.2 Å². The minimum Gasteiger partial charge on any atom is -0.491 e. The lowest BCUT2D eigenvalue weighted by Crippen LogP contribution is -2.53. The Morgan fingerprint density at radius 2 is 1.58 bits per heavy atom. The van der Waals surface area contributed by atoms with Gasteiger partial charge in [0, 0.05) is 58.2 Å². The number of likely N-dealkylation sites (tertiary alicyclic amines) is 2. The molecule has 9 nitrogen and oxygen atoms in total. The zero-order chi connectivity index (χ0) is 38.8. The Labute approximate surface area is 331 Å².